The second kappa shape index (κ2) is 9.27. The number of benzene rings is 2. The fourth-order valence-corrected chi connectivity index (χ4v) is 6.37. The van der Waals surface area contributed by atoms with Gasteiger partial charge in [-0.25, -0.2) is 0 Å². The number of hydrogen-bond donors (Lipinski definition) is 1. The van der Waals surface area contributed by atoms with Crippen LogP contribution in [0.3, 0.4) is 0 Å². The van der Waals surface area contributed by atoms with Crippen molar-refractivity contribution in [3.8, 4) is 0 Å². The van der Waals surface area contributed by atoms with Crippen molar-refractivity contribution in [2.24, 2.45) is 0 Å². The average molecular weight is 448 g/mol. The van der Waals surface area contributed by atoms with Gasteiger partial charge in [0.2, 0.25) is 13.3 Å². The summed E-state index contributed by atoms with van der Waals surface area (Å²) in [5, 5.41) is 6.24. The van der Waals surface area contributed by atoms with Gasteiger partial charge in [-0.05, 0) is 60.0 Å². The number of fused-ring (bicyclic) bond motifs is 1. The maximum absolute atomic E-state index is 13.3. The molecule has 0 saturated carbocycles. The van der Waals surface area contributed by atoms with Crippen LogP contribution in [-0.4, -0.2) is 19.2 Å². The summed E-state index contributed by atoms with van der Waals surface area (Å²) in [7, 11) is -3.25. The van der Waals surface area contributed by atoms with E-state index in [1.165, 1.54) is 18.0 Å². The van der Waals surface area contributed by atoms with Gasteiger partial charge in [0.25, 0.3) is 0 Å². The molecule has 0 aliphatic heterocycles. The summed E-state index contributed by atoms with van der Waals surface area (Å²) >= 11 is 7.53. The molecule has 152 valence electrons. The lowest BCUT2D eigenvalue weighted by Crippen LogP contribution is -2.25. The van der Waals surface area contributed by atoms with Crippen LogP contribution in [-0.2, 0) is 13.9 Å². The third-order valence-electron chi connectivity index (χ3n) is 4.51. The number of amides is 1. The number of halogens is 1. The maximum Gasteiger partial charge on any atom is 0.241 e. The summed E-state index contributed by atoms with van der Waals surface area (Å²) in [5.74, 6) is -0.358. The van der Waals surface area contributed by atoms with Gasteiger partial charge in [0.1, 0.15) is 5.66 Å². The van der Waals surface area contributed by atoms with Crippen molar-refractivity contribution in [1.29, 1.82) is 0 Å². The molecule has 3 rings (SSSR count). The van der Waals surface area contributed by atoms with E-state index in [2.05, 4.69) is 5.32 Å². The van der Waals surface area contributed by atoms with Gasteiger partial charge in [0.15, 0.2) is 0 Å². The van der Waals surface area contributed by atoms with Crippen molar-refractivity contribution in [2.45, 2.75) is 19.5 Å². The van der Waals surface area contributed by atoms with Gasteiger partial charge in [-0.3, -0.25) is 9.36 Å². The SMILES string of the molecule is CCOP(C)(=O)C(C(=O)N/C=C/c1cccc(Cl)c1)c1csc2ccc(C)cc12. The molecule has 0 aliphatic carbocycles. The number of nitrogens with one attached hydrogen (secondary N) is 1. The molecular weight excluding hydrogens is 425 g/mol. The Kier molecular flexibility index (Phi) is 6.97. The minimum atomic E-state index is -3.25. The molecule has 3 aromatic rings. The molecule has 0 saturated heterocycles. The van der Waals surface area contributed by atoms with Crippen LogP contribution in [0.1, 0.15) is 29.3 Å². The minimum absolute atomic E-state index is 0.275. The Morgan fingerprint density at radius 2 is 2.10 bits per heavy atom. The molecule has 2 unspecified atom stereocenters. The Bertz CT molecular complexity index is 1110. The number of hydrogen-bond acceptors (Lipinski definition) is 4. The summed E-state index contributed by atoms with van der Waals surface area (Å²) in [4.78, 5) is 13.1. The standard InChI is InChI=1S/C22H23ClNO3PS/c1-4-27-28(3,26)21(19-14-29-20-9-8-15(2)12-18(19)20)22(25)24-11-10-16-6-5-7-17(23)13-16/h5-14,21H,4H2,1-3H3,(H,24,25)/b11-10+. The van der Waals surface area contributed by atoms with Gasteiger partial charge in [-0.15, -0.1) is 11.3 Å². The van der Waals surface area contributed by atoms with Crippen molar-refractivity contribution in [3.63, 3.8) is 0 Å². The number of carbonyl (C=O) groups excluding carboxylic acids is 1. The van der Waals surface area contributed by atoms with Crippen LogP contribution in [0.5, 0.6) is 0 Å². The summed E-state index contributed by atoms with van der Waals surface area (Å²) in [6.07, 6.45) is 3.30. The minimum Gasteiger partial charge on any atom is -0.332 e. The van der Waals surface area contributed by atoms with Gasteiger partial charge in [-0.1, -0.05) is 41.4 Å². The predicted molar refractivity (Wildman–Crippen MR) is 123 cm³/mol. The Balaban J connectivity index is 1.94. The Morgan fingerprint density at radius 3 is 2.83 bits per heavy atom. The number of thiophene rings is 1. The molecule has 4 nitrogen and oxygen atoms in total. The van der Waals surface area contributed by atoms with E-state index in [-0.39, 0.29) is 12.5 Å². The first-order chi connectivity index (χ1) is 13.8. The van der Waals surface area contributed by atoms with E-state index in [1.54, 1.807) is 31.3 Å². The van der Waals surface area contributed by atoms with Crippen LogP contribution in [0.4, 0.5) is 0 Å². The van der Waals surface area contributed by atoms with Gasteiger partial charge < -0.3 is 9.84 Å². The quantitative estimate of drug-likeness (QED) is 0.413. The molecule has 0 fully saturated rings. The lowest BCUT2D eigenvalue weighted by atomic mass is 10.1. The van der Waals surface area contributed by atoms with Crippen LogP contribution >= 0.6 is 30.3 Å². The van der Waals surface area contributed by atoms with E-state index in [9.17, 15) is 9.36 Å². The van der Waals surface area contributed by atoms with Crippen molar-refractivity contribution in [2.75, 3.05) is 13.3 Å². The lowest BCUT2D eigenvalue weighted by Gasteiger charge is -2.23. The highest BCUT2D eigenvalue weighted by molar-refractivity contribution is 7.59. The van der Waals surface area contributed by atoms with E-state index in [1.807, 2.05) is 42.6 Å². The van der Waals surface area contributed by atoms with Crippen LogP contribution in [0, 0.1) is 6.92 Å². The van der Waals surface area contributed by atoms with Crippen molar-refractivity contribution in [3.05, 3.63) is 75.8 Å². The van der Waals surface area contributed by atoms with Gasteiger partial charge in [-0.2, -0.15) is 0 Å². The normalized spacial score (nSPS) is 14.8. The van der Waals surface area contributed by atoms with E-state index < -0.39 is 13.0 Å². The number of carbonyl (C=O) groups is 1. The molecule has 0 bridgehead atoms. The molecule has 1 amide bonds. The molecule has 1 heterocycles. The summed E-state index contributed by atoms with van der Waals surface area (Å²) in [6, 6.07) is 13.4. The third-order valence-corrected chi connectivity index (χ3v) is 7.94. The zero-order valence-corrected chi connectivity index (χ0v) is 19.0. The second-order valence-corrected chi connectivity index (χ2v) is 10.8. The molecule has 7 heteroatoms. The van der Waals surface area contributed by atoms with Crippen LogP contribution in [0.2, 0.25) is 5.02 Å². The molecule has 0 radical (unpaired) electrons. The Morgan fingerprint density at radius 1 is 1.31 bits per heavy atom. The highest BCUT2D eigenvalue weighted by Crippen LogP contribution is 2.58. The molecule has 2 aromatic carbocycles. The Hall–Kier alpha value is -1.91. The lowest BCUT2D eigenvalue weighted by molar-refractivity contribution is -0.120. The van der Waals surface area contributed by atoms with Crippen LogP contribution in [0.25, 0.3) is 16.2 Å². The molecule has 0 aliphatic rings. The molecular formula is C22H23ClNO3PS. The van der Waals surface area contributed by atoms with E-state index in [0.29, 0.717) is 5.02 Å². The summed E-state index contributed by atoms with van der Waals surface area (Å²) < 4.78 is 19.9. The molecule has 1 aromatic heterocycles. The molecule has 1 N–H and O–H groups in total. The van der Waals surface area contributed by atoms with E-state index in [4.69, 9.17) is 16.1 Å². The van der Waals surface area contributed by atoms with Crippen molar-refractivity contribution < 1.29 is 13.9 Å². The predicted octanol–water partition coefficient (Wildman–Crippen LogP) is 6.64. The van der Waals surface area contributed by atoms with Crippen LogP contribution < -0.4 is 5.32 Å². The van der Waals surface area contributed by atoms with E-state index in [0.717, 1.165) is 26.8 Å². The molecule has 0 spiro atoms. The third kappa shape index (κ3) is 5.18. The summed E-state index contributed by atoms with van der Waals surface area (Å²) in [6.45, 7) is 5.58. The molecule has 29 heavy (non-hydrogen) atoms. The van der Waals surface area contributed by atoms with Crippen molar-refractivity contribution >= 4 is 52.4 Å². The van der Waals surface area contributed by atoms with Gasteiger partial charge in [0, 0.05) is 22.6 Å². The largest absolute Gasteiger partial charge is 0.332 e. The smallest absolute Gasteiger partial charge is 0.241 e. The second-order valence-electron chi connectivity index (χ2n) is 6.82. The topological polar surface area (TPSA) is 55.4 Å². The first-order valence-corrected chi connectivity index (χ1v) is 12.6. The highest BCUT2D eigenvalue weighted by atomic mass is 35.5. The first kappa shape index (κ1) is 21.8. The highest BCUT2D eigenvalue weighted by Gasteiger charge is 2.38. The number of aryl methyl sites for hydroxylation is 1. The zero-order valence-electron chi connectivity index (χ0n) is 16.5. The fraction of sp³-hybridized carbons (Fsp3) is 0.227. The van der Waals surface area contributed by atoms with E-state index >= 15 is 0 Å². The maximum atomic E-state index is 13.3. The average Bonchev–Trinajstić information content (AvgIpc) is 3.04. The zero-order chi connectivity index (χ0) is 21.0. The number of rotatable bonds is 7. The molecule has 2 atom stereocenters. The van der Waals surface area contributed by atoms with Gasteiger partial charge in [0.05, 0.1) is 6.61 Å². The van der Waals surface area contributed by atoms with Crippen LogP contribution in [0.15, 0.2) is 54.0 Å². The van der Waals surface area contributed by atoms with Gasteiger partial charge >= 0.3 is 0 Å². The monoisotopic (exact) mass is 447 g/mol. The first-order valence-electron chi connectivity index (χ1n) is 9.24. The fourth-order valence-electron chi connectivity index (χ4n) is 3.22. The summed E-state index contributed by atoms with van der Waals surface area (Å²) in [5.41, 5.74) is 1.79. The Labute approximate surface area is 180 Å². The van der Waals surface area contributed by atoms with Crippen molar-refractivity contribution in [1.82, 2.24) is 5.32 Å².